The summed E-state index contributed by atoms with van der Waals surface area (Å²) in [5.74, 6) is 1.35. The lowest BCUT2D eigenvalue weighted by Gasteiger charge is -2.22. The summed E-state index contributed by atoms with van der Waals surface area (Å²) in [6.07, 6.45) is 2.17. The second-order valence-electron chi connectivity index (χ2n) is 4.00. The van der Waals surface area contributed by atoms with Crippen molar-refractivity contribution < 1.29 is 0 Å². The number of aromatic nitrogens is 2. The standard InChI is InChI=1S/C10H16N4O/c1-6-8(11)13-9(14-10(6)15)7-3-2-4-12-5-7/h7,12H,2-5H2,1H3,(H3,11,13,14,15). The smallest absolute Gasteiger partial charge is 0.255 e. The topological polar surface area (TPSA) is 83.8 Å². The molecular formula is C10H16N4O. The Bertz CT molecular complexity index is 406. The molecule has 0 bridgehead atoms. The molecule has 0 aromatic carbocycles. The average Bonchev–Trinajstić information content (AvgIpc) is 2.26. The normalized spacial score (nSPS) is 21.5. The van der Waals surface area contributed by atoms with E-state index < -0.39 is 0 Å². The third-order valence-corrected chi connectivity index (χ3v) is 2.89. The number of piperidine rings is 1. The van der Waals surface area contributed by atoms with E-state index in [1.165, 1.54) is 0 Å². The molecule has 15 heavy (non-hydrogen) atoms. The molecule has 1 atom stereocenters. The Morgan fingerprint density at radius 3 is 2.93 bits per heavy atom. The van der Waals surface area contributed by atoms with Crippen LogP contribution in [-0.4, -0.2) is 23.1 Å². The summed E-state index contributed by atoms with van der Waals surface area (Å²) in [6.45, 7) is 3.59. The van der Waals surface area contributed by atoms with Crippen LogP contribution in [0, 0.1) is 6.92 Å². The van der Waals surface area contributed by atoms with Gasteiger partial charge in [-0.2, -0.15) is 0 Å². The number of nitrogens with zero attached hydrogens (tertiary/aromatic N) is 1. The maximum atomic E-state index is 11.5. The van der Waals surface area contributed by atoms with Crippen LogP contribution in [0.2, 0.25) is 0 Å². The molecule has 0 radical (unpaired) electrons. The van der Waals surface area contributed by atoms with Gasteiger partial charge in [0.05, 0.1) is 5.56 Å². The van der Waals surface area contributed by atoms with Crippen LogP contribution < -0.4 is 16.6 Å². The number of anilines is 1. The first-order valence-electron chi connectivity index (χ1n) is 5.25. The maximum absolute atomic E-state index is 11.5. The fourth-order valence-electron chi connectivity index (χ4n) is 1.85. The highest BCUT2D eigenvalue weighted by molar-refractivity contribution is 5.36. The van der Waals surface area contributed by atoms with E-state index in [4.69, 9.17) is 5.73 Å². The van der Waals surface area contributed by atoms with E-state index in [-0.39, 0.29) is 11.5 Å². The molecule has 2 heterocycles. The second-order valence-corrected chi connectivity index (χ2v) is 4.00. The van der Waals surface area contributed by atoms with E-state index in [1.807, 2.05) is 0 Å². The molecule has 0 saturated carbocycles. The molecule has 1 aromatic rings. The Hall–Kier alpha value is -1.36. The quantitative estimate of drug-likeness (QED) is 0.612. The molecule has 1 aliphatic rings. The highest BCUT2D eigenvalue weighted by Crippen LogP contribution is 2.19. The highest BCUT2D eigenvalue weighted by Gasteiger charge is 2.18. The van der Waals surface area contributed by atoms with Gasteiger partial charge in [0.1, 0.15) is 11.6 Å². The van der Waals surface area contributed by atoms with E-state index in [0.717, 1.165) is 31.8 Å². The summed E-state index contributed by atoms with van der Waals surface area (Å²) >= 11 is 0. The number of nitrogens with one attached hydrogen (secondary N) is 2. The van der Waals surface area contributed by atoms with Crippen LogP contribution in [0.1, 0.15) is 30.1 Å². The van der Waals surface area contributed by atoms with Gasteiger partial charge in [0.15, 0.2) is 0 Å². The summed E-state index contributed by atoms with van der Waals surface area (Å²) in [6, 6.07) is 0. The van der Waals surface area contributed by atoms with Gasteiger partial charge in [0.25, 0.3) is 5.56 Å². The van der Waals surface area contributed by atoms with Crippen LogP contribution in [0.5, 0.6) is 0 Å². The van der Waals surface area contributed by atoms with Gasteiger partial charge in [-0.05, 0) is 26.3 Å². The van der Waals surface area contributed by atoms with Crippen molar-refractivity contribution in [2.45, 2.75) is 25.7 Å². The first kappa shape index (κ1) is 10.2. The second kappa shape index (κ2) is 4.02. The van der Waals surface area contributed by atoms with Crippen molar-refractivity contribution in [3.8, 4) is 0 Å². The molecule has 1 aromatic heterocycles. The monoisotopic (exact) mass is 208 g/mol. The minimum atomic E-state index is -0.122. The Morgan fingerprint density at radius 1 is 1.53 bits per heavy atom. The molecule has 82 valence electrons. The largest absolute Gasteiger partial charge is 0.383 e. The molecule has 1 unspecified atom stereocenters. The van der Waals surface area contributed by atoms with Crippen LogP contribution in [0.15, 0.2) is 4.79 Å². The molecule has 2 rings (SSSR count). The number of H-pyrrole nitrogens is 1. The van der Waals surface area contributed by atoms with Crippen LogP contribution in [0.3, 0.4) is 0 Å². The minimum absolute atomic E-state index is 0.122. The van der Waals surface area contributed by atoms with Gasteiger partial charge in [-0.25, -0.2) is 4.98 Å². The lowest BCUT2D eigenvalue weighted by atomic mass is 9.99. The number of rotatable bonds is 1. The van der Waals surface area contributed by atoms with Crippen LogP contribution in [-0.2, 0) is 0 Å². The van der Waals surface area contributed by atoms with Crippen molar-refractivity contribution in [3.63, 3.8) is 0 Å². The van der Waals surface area contributed by atoms with Crippen molar-refractivity contribution >= 4 is 5.82 Å². The van der Waals surface area contributed by atoms with Crippen LogP contribution in [0.25, 0.3) is 0 Å². The summed E-state index contributed by atoms with van der Waals surface area (Å²) in [7, 11) is 0. The van der Waals surface area contributed by atoms with E-state index in [1.54, 1.807) is 6.92 Å². The Kier molecular flexibility index (Phi) is 2.73. The maximum Gasteiger partial charge on any atom is 0.255 e. The molecule has 0 spiro atoms. The van der Waals surface area contributed by atoms with Gasteiger partial charge in [-0.15, -0.1) is 0 Å². The van der Waals surface area contributed by atoms with E-state index in [2.05, 4.69) is 15.3 Å². The molecular weight excluding hydrogens is 192 g/mol. The average molecular weight is 208 g/mol. The third kappa shape index (κ3) is 2.02. The van der Waals surface area contributed by atoms with Crippen molar-refractivity contribution in [1.29, 1.82) is 0 Å². The Morgan fingerprint density at radius 2 is 2.33 bits per heavy atom. The SMILES string of the molecule is Cc1c(N)nc(C2CCCNC2)[nH]c1=O. The zero-order valence-corrected chi connectivity index (χ0v) is 8.84. The number of hydrogen-bond acceptors (Lipinski definition) is 4. The van der Waals surface area contributed by atoms with Gasteiger partial charge < -0.3 is 16.0 Å². The number of nitrogens with two attached hydrogens (primary N) is 1. The van der Waals surface area contributed by atoms with Crippen molar-refractivity contribution in [1.82, 2.24) is 15.3 Å². The summed E-state index contributed by atoms with van der Waals surface area (Å²) in [4.78, 5) is 18.5. The van der Waals surface area contributed by atoms with Gasteiger partial charge in [-0.1, -0.05) is 0 Å². The van der Waals surface area contributed by atoms with Gasteiger partial charge in [0.2, 0.25) is 0 Å². The third-order valence-electron chi connectivity index (χ3n) is 2.89. The van der Waals surface area contributed by atoms with Gasteiger partial charge in [-0.3, -0.25) is 4.79 Å². The first-order chi connectivity index (χ1) is 7.18. The lowest BCUT2D eigenvalue weighted by Crippen LogP contribution is -2.31. The molecule has 0 aliphatic carbocycles. The molecule has 5 nitrogen and oxygen atoms in total. The molecule has 1 aliphatic heterocycles. The zero-order chi connectivity index (χ0) is 10.8. The van der Waals surface area contributed by atoms with Crippen molar-refractivity contribution in [2.24, 2.45) is 0 Å². The highest BCUT2D eigenvalue weighted by atomic mass is 16.1. The van der Waals surface area contributed by atoms with Crippen molar-refractivity contribution in [2.75, 3.05) is 18.8 Å². The molecule has 5 heteroatoms. The predicted octanol–water partition coefficient (Wildman–Crippen LogP) is 0.128. The van der Waals surface area contributed by atoms with Crippen LogP contribution in [0.4, 0.5) is 5.82 Å². The molecule has 0 amide bonds. The van der Waals surface area contributed by atoms with Crippen LogP contribution >= 0.6 is 0 Å². The van der Waals surface area contributed by atoms with E-state index >= 15 is 0 Å². The molecule has 4 N–H and O–H groups in total. The van der Waals surface area contributed by atoms with E-state index in [0.29, 0.717) is 11.4 Å². The molecule has 1 fully saturated rings. The van der Waals surface area contributed by atoms with Gasteiger partial charge in [0, 0.05) is 12.5 Å². The summed E-state index contributed by atoms with van der Waals surface area (Å²) in [5, 5.41) is 3.28. The Balaban J connectivity index is 2.32. The fourth-order valence-corrected chi connectivity index (χ4v) is 1.85. The minimum Gasteiger partial charge on any atom is -0.383 e. The Labute approximate surface area is 88.1 Å². The first-order valence-corrected chi connectivity index (χ1v) is 5.25. The van der Waals surface area contributed by atoms with Crippen molar-refractivity contribution in [3.05, 3.63) is 21.7 Å². The van der Waals surface area contributed by atoms with E-state index in [9.17, 15) is 4.79 Å². The number of hydrogen-bond donors (Lipinski definition) is 3. The lowest BCUT2D eigenvalue weighted by molar-refractivity contribution is 0.446. The van der Waals surface area contributed by atoms with Gasteiger partial charge >= 0.3 is 0 Å². The summed E-state index contributed by atoms with van der Waals surface area (Å²) < 4.78 is 0. The molecule has 1 saturated heterocycles. The zero-order valence-electron chi connectivity index (χ0n) is 8.84. The predicted molar refractivity (Wildman–Crippen MR) is 58.9 cm³/mol. The number of aromatic amines is 1. The summed E-state index contributed by atoms with van der Waals surface area (Å²) in [5.41, 5.74) is 6.06. The fraction of sp³-hybridized carbons (Fsp3) is 0.600. The number of nitrogen functional groups attached to an aromatic ring is 1.